The van der Waals surface area contributed by atoms with Gasteiger partial charge in [0, 0.05) is 0 Å². The van der Waals surface area contributed by atoms with Gasteiger partial charge < -0.3 is 0 Å². The summed E-state index contributed by atoms with van der Waals surface area (Å²) in [7, 11) is 0. The SMILES string of the molecule is CC(C)c1cc(Br)n2nc(C(F)(F)F)nc2c1. The van der Waals surface area contributed by atoms with Crippen LogP contribution in [0.2, 0.25) is 0 Å². The highest BCUT2D eigenvalue weighted by molar-refractivity contribution is 9.10. The van der Waals surface area contributed by atoms with E-state index in [1.807, 2.05) is 13.8 Å². The molecule has 2 heterocycles. The summed E-state index contributed by atoms with van der Waals surface area (Å²) in [6.45, 7) is 3.92. The highest BCUT2D eigenvalue weighted by atomic mass is 79.9. The van der Waals surface area contributed by atoms with Gasteiger partial charge in [-0.3, -0.25) is 0 Å². The van der Waals surface area contributed by atoms with Gasteiger partial charge in [-0.25, -0.2) is 9.50 Å². The molecule has 0 N–H and O–H groups in total. The number of aromatic nitrogens is 3. The number of hydrogen-bond donors (Lipinski definition) is 0. The van der Waals surface area contributed by atoms with Crippen LogP contribution in [-0.2, 0) is 6.18 Å². The Labute approximate surface area is 104 Å². The number of rotatable bonds is 1. The van der Waals surface area contributed by atoms with Crippen LogP contribution in [0.15, 0.2) is 16.7 Å². The fourth-order valence-electron chi connectivity index (χ4n) is 1.42. The summed E-state index contributed by atoms with van der Waals surface area (Å²) in [6.07, 6.45) is -4.52. The molecule has 0 fully saturated rings. The van der Waals surface area contributed by atoms with E-state index in [1.54, 1.807) is 12.1 Å². The lowest BCUT2D eigenvalue weighted by molar-refractivity contribution is -0.144. The van der Waals surface area contributed by atoms with Gasteiger partial charge in [-0.2, -0.15) is 13.2 Å². The second-order valence-corrected chi connectivity index (χ2v) is 4.78. The molecule has 2 rings (SSSR count). The number of halogens is 4. The molecule has 0 aromatic carbocycles. The van der Waals surface area contributed by atoms with Gasteiger partial charge in [0.25, 0.3) is 5.82 Å². The third-order valence-corrected chi connectivity index (χ3v) is 2.90. The van der Waals surface area contributed by atoms with Crippen LogP contribution in [0.3, 0.4) is 0 Å². The number of pyridine rings is 1. The molecule has 2 aromatic heterocycles. The Morgan fingerprint density at radius 1 is 1.29 bits per heavy atom. The van der Waals surface area contributed by atoms with Crippen molar-refractivity contribution in [2.75, 3.05) is 0 Å². The van der Waals surface area contributed by atoms with Gasteiger partial charge in [-0.15, -0.1) is 5.10 Å². The summed E-state index contributed by atoms with van der Waals surface area (Å²) in [4.78, 5) is 3.48. The van der Waals surface area contributed by atoms with E-state index < -0.39 is 12.0 Å². The first-order chi connectivity index (χ1) is 7.79. The smallest absolute Gasteiger partial charge is 0.206 e. The molecule has 3 nitrogen and oxygen atoms in total. The van der Waals surface area contributed by atoms with E-state index in [2.05, 4.69) is 26.0 Å². The summed E-state index contributed by atoms with van der Waals surface area (Å²) >= 11 is 3.19. The molecule has 92 valence electrons. The van der Waals surface area contributed by atoms with Crippen LogP contribution in [0.4, 0.5) is 13.2 Å². The van der Waals surface area contributed by atoms with E-state index in [1.165, 1.54) is 0 Å². The molecular weight excluding hydrogens is 299 g/mol. The Kier molecular flexibility index (Phi) is 2.89. The highest BCUT2D eigenvalue weighted by Gasteiger charge is 2.36. The van der Waals surface area contributed by atoms with E-state index in [9.17, 15) is 13.2 Å². The van der Waals surface area contributed by atoms with E-state index in [-0.39, 0.29) is 11.6 Å². The summed E-state index contributed by atoms with van der Waals surface area (Å²) < 4.78 is 39.0. The summed E-state index contributed by atoms with van der Waals surface area (Å²) in [5, 5.41) is 3.42. The zero-order valence-electron chi connectivity index (χ0n) is 9.09. The first-order valence-electron chi connectivity index (χ1n) is 4.92. The summed E-state index contributed by atoms with van der Waals surface area (Å²) in [5.74, 6) is -0.915. The number of alkyl halides is 3. The minimum Gasteiger partial charge on any atom is -0.206 e. The minimum absolute atomic E-state index is 0.190. The van der Waals surface area contributed by atoms with Crippen LogP contribution in [0, 0.1) is 0 Å². The molecule has 0 radical (unpaired) electrons. The van der Waals surface area contributed by atoms with Crippen molar-refractivity contribution < 1.29 is 13.2 Å². The number of nitrogens with zero attached hydrogens (tertiary/aromatic N) is 3. The first kappa shape index (κ1) is 12.3. The molecule has 2 aromatic rings. The lowest BCUT2D eigenvalue weighted by Gasteiger charge is -2.06. The Hall–Kier alpha value is -1.11. The van der Waals surface area contributed by atoms with Gasteiger partial charge >= 0.3 is 6.18 Å². The van der Waals surface area contributed by atoms with Crippen molar-refractivity contribution in [1.82, 2.24) is 14.6 Å². The van der Waals surface area contributed by atoms with Gasteiger partial charge in [-0.05, 0) is 39.5 Å². The van der Waals surface area contributed by atoms with Gasteiger partial charge in [0.2, 0.25) is 0 Å². The van der Waals surface area contributed by atoms with Crippen LogP contribution in [0.25, 0.3) is 5.65 Å². The van der Waals surface area contributed by atoms with Crippen LogP contribution in [0.1, 0.15) is 31.2 Å². The van der Waals surface area contributed by atoms with Crippen LogP contribution < -0.4 is 0 Å². The molecule has 0 unspecified atom stereocenters. The fraction of sp³-hybridized carbons (Fsp3) is 0.400. The molecule has 0 spiro atoms. The molecule has 0 saturated heterocycles. The molecule has 0 saturated carbocycles. The predicted molar refractivity (Wildman–Crippen MR) is 59.8 cm³/mol. The molecule has 0 amide bonds. The molecule has 17 heavy (non-hydrogen) atoms. The Morgan fingerprint density at radius 3 is 2.47 bits per heavy atom. The fourth-order valence-corrected chi connectivity index (χ4v) is 1.94. The molecule has 0 bridgehead atoms. The second kappa shape index (κ2) is 3.97. The van der Waals surface area contributed by atoms with Crippen molar-refractivity contribution in [3.05, 3.63) is 28.1 Å². The van der Waals surface area contributed by atoms with Crippen molar-refractivity contribution in [3.8, 4) is 0 Å². The zero-order valence-corrected chi connectivity index (χ0v) is 10.7. The van der Waals surface area contributed by atoms with Crippen molar-refractivity contribution in [1.29, 1.82) is 0 Å². The van der Waals surface area contributed by atoms with E-state index in [0.29, 0.717) is 4.60 Å². The predicted octanol–water partition coefficient (Wildman–Crippen LogP) is 3.63. The monoisotopic (exact) mass is 307 g/mol. The third-order valence-electron chi connectivity index (χ3n) is 2.34. The van der Waals surface area contributed by atoms with Crippen LogP contribution in [0.5, 0.6) is 0 Å². The lowest BCUT2D eigenvalue weighted by atomic mass is 10.1. The van der Waals surface area contributed by atoms with Crippen molar-refractivity contribution in [2.24, 2.45) is 0 Å². The van der Waals surface area contributed by atoms with E-state index in [0.717, 1.165) is 10.1 Å². The normalized spacial score (nSPS) is 12.6. The first-order valence-corrected chi connectivity index (χ1v) is 5.72. The van der Waals surface area contributed by atoms with Gasteiger partial charge in [0.1, 0.15) is 4.60 Å². The Balaban J connectivity index is 2.65. The van der Waals surface area contributed by atoms with Crippen LogP contribution >= 0.6 is 15.9 Å². The quantitative estimate of drug-likeness (QED) is 0.753. The largest absolute Gasteiger partial charge is 0.453 e. The maximum Gasteiger partial charge on any atom is 0.453 e. The number of fused-ring (bicyclic) bond motifs is 1. The van der Waals surface area contributed by atoms with Gasteiger partial charge in [0.05, 0.1) is 0 Å². The van der Waals surface area contributed by atoms with Crippen molar-refractivity contribution >= 4 is 21.6 Å². The maximum atomic E-state index is 12.5. The topological polar surface area (TPSA) is 30.2 Å². The average Bonchev–Trinajstić information content (AvgIpc) is 2.60. The maximum absolute atomic E-state index is 12.5. The minimum atomic E-state index is -4.52. The second-order valence-electron chi connectivity index (χ2n) is 3.97. The zero-order chi connectivity index (χ0) is 12.8. The third kappa shape index (κ3) is 2.29. The summed E-state index contributed by atoms with van der Waals surface area (Å²) in [5.41, 5.74) is 1.10. The van der Waals surface area contributed by atoms with Crippen molar-refractivity contribution in [3.63, 3.8) is 0 Å². The van der Waals surface area contributed by atoms with E-state index in [4.69, 9.17) is 0 Å². The molecule has 7 heteroatoms. The van der Waals surface area contributed by atoms with E-state index >= 15 is 0 Å². The van der Waals surface area contributed by atoms with Crippen LogP contribution in [-0.4, -0.2) is 14.6 Å². The molecular formula is C10H9BrF3N3. The Bertz CT molecular complexity index is 560. The highest BCUT2D eigenvalue weighted by Crippen LogP contribution is 2.28. The van der Waals surface area contributed by atoms with Gasteiger partial charge in [0.15, 0.2) is 5.65 Å². The molecule has 0 aliphatic carbocycles. The standard InChI is InChI=1S/C10H9BrF3N3/c1-5(2)6-3-7(11)17-8(4-6)15-9(16-17)10(12,13)14/h3-5H,1-2H3. The molecule has 0 atom stereocenters. The average molecular weight is 308 g/mol. The molecule has 0 aliphatic heterocycles. The Morgan fingerprint density at radius 2 is 1.94 bits per heavy atom. The van der Waals surface area contributed by atoms with Gasteiger partial charge in [-0.1, -0.05) is 13.8 Å². The lowest BCUT2D eigenvalue weighted by Crippen LogP contribution is -2.07. The number of hydrogen-bond acceptors (Lipinski definition) is 2. The van der Waals surface area contributed by atoms with Crippen molar-refractivity contribution in [2.45, 2.75) is 25.9 Å². The molecule has 0 aliphatic rings. The summed E-state index contributed by atoms with van der Waals surface area (Å²) in [6, 6.07) is 3.35.